The number of carbonyl (C=O) groups is 1. The van der Waals surface area contributed by atoms with Crippen molar-refractivity contribution in [1.29, 1.82) is 0 Å². The van der Waals surface area contributed by atoms with E-state index in [1.165, 1.54) is 7.11 Å². The lowest BCUT2D eigenvalue weighted by atomic mass is 10.2. The summed E-state index contributed by atoms with van der Waals surface area (Å²) in [6.45, 7) is 0.719. The van der Waals surface area contributed by atoms with E-state index in [1.807, 2.05) is 12.1 Å². The first-order valence-electron chi connectivity index (χ1n) is 5.55. The van der Waals surface area contributed by atoms with Crippen molar-refractivity contribution >= 4 is 17.6 Å². The van der Waals surface area contributed by atoms with Crippen LogP contribution in [0, 0.1) is 0 Å². The van der Waals surface area contributed by atoms with Crippen LogP contribution in [0.25, 0.3) is 0 Å². The molecule has 0 radical (unpaired) electrons. The Morgan fingerprint density at radius 1 is 1.50 bits per heavy atom. The number of benzene rings is 1. The summed E-state index contributed by atoms with van der Waals surface area (Å²) in [6.07, 6.45) is -0.702. The van der Waals surface area contributed by atoms with Crippen LogP contribution in [-0.2, 0) is 11.3 Å². The van der Waals surface area contributed by atoms with Gasteiger partial charge in [-0.3, -0.25) is 0 Å². The molecule has 1 unspecified atom stereocenters. The Labute approximate surface area is 111 Å². The minimum atomic E-state index is -0.702. The molecule has 18 heavy (non-hydrogen) atoms. The van der Waals surface area contributed by atoms with Crippen LogP contribution >= 0.6 is 11.6 Å². The number of carbonyl (C=O) groups excluding carboxylic acids is 1. The monoisotopic (exact) mass is 272 g/mol. The Balaban J connectivity index is 2.25. The molecule has 0 aromatic heterocycles. The average molecular weight is 273 g/mol. The van der Waals surface area contributed by atoms with Gasteiger partial charge in [0.2, 0.25) is 0 Å². The molecule has 0 spiro atoms. The highest BCUT2D eigenvalue weighted by Gasteiger charge is 2.06. The fourth-order valence-corrected chi connectivity index (χ4v) is 1.57. The van der Waals surface area contributed by atoms with Crippen molar-refractivity contribution in [2.24, 2.45) is 0 Å². The fourth-order valence-electron chi connectivity index (χ4n) is 1.35. The van der Waals surface area contributed by atoms with Crippen LogP contribution in [0.2, 0.25) is 5.02 Å². The number of halogens is 1. The SMILES string of the molecule is COCC(O)CNC(=O)NCc1cccc(Cl)c1. The molecule has 2 amide bonds. The molecule has 0 bridgehead atoms. The third-order valence-electron chi connectivity index (χ3n) is 2.20. The molecule has 0 heterocycles. The molecule has 5 nitrogen and oxygen atoms in total. The standard InChI is InChI=1S/C12H17ClN2O3/c1-18-8-11(16)7-15-12(17)14-6-9-3-2-4-10(13)5-9/h2-5,11,16H,6-8H2,1H3,(H2,14,15,17). The van der Waals surface area contributed by atoms with E-state index in [0.717, 1.165) is 5.56 Å². The molecule has 1 aromatic carbocycles. The number of rotatable bonds is 6. The first-order chi connectivity index (χ1) is 8.61. The maximum atomic E-state index is 11.4. The summed E-state index contributed by atoms with van der Waals surface area (Å²) in [5.41, 5.74) is 0.912. The van der Waals surface area contributed by atoms with Gasteiger partial charge in [0.15, 0.2) is 0 Å². The highest BCUT2D eigenvalue weighted by atomic mass is 35.5. The number of amides is 2. The molecule has 0 aliphatic heterocycles. The number of nitrogens with one attached hydrogen (secondary N) is 2. The van der Waals surface area contributed by atoms with E-state index >= 15 is 0 Å². The summed E-state index contributed by atoms with van der Waals surface area (Å²) in [5, 5.41) is 15.2. The average Bonchev–Trinajstić information content (AvgIpc) is 2.34. The van der Waals surface area contributed by atoms with Crippen molar-refractivity contribution in [3.8, 4) is 0 Å². The van der Waals surface area contributed by atoms with Crippen molar-refractivity contribution in [3.05, 3.63) is 34.9 Å². The van der Waals surface area contributed by atoms with Crippen LogP contribution in [0.3, 0.4) is 0 Å². The molecule has 100 valence electrons. The van der Waals surface area contributed by atoms with Crippen molar-refractivity contribution in [3.63, 3.8) is 0 Å². The summed E-state index contributed by atoms with van der Waals surface area (Å²) >= 11 is 5.82. The van der Waals surface area contributed by atoms with Crippen molar-refractivity contribution in [2.45, 2.75) is 12.6 Å². The maximum Gasteiger partial charge on any atom is 0.315 e. The predicted octanol–water partition coefficient (Wildman–Crippen LogP) is 1.15. The van der Waals surface area contributed by atoms with Gasteiger partial charge in [-0.15, -0.1) is 0 Å². The fraction of sp³-hybridized carbons (Fsp3) is 0.417. The zero-order chi connectivity index (χ0) is 13.4. The third kappa shape index (κ3) is 5.86. The summed E-state index contributed by atoms with van der Waals surface area (Å²) < 4.78 is 4.74. The van der Waals surface area contributed by atoms with Crippen LogP contribution in [0.5, 0.6) is 0 Å². The van der Waals surface area contributed by atoms with E-state index in [2.05, 4.69) is 10.6 Å². The summed E-state index contributed by atoms with van der Waals surface area (Å²) in [4.78, 5) is 11.4. The minimum absolute atomic E-state index is 0.148. The van der Waals surface area contributed by atoms with E-state index < -0.39 is 6.10 Å². The Bertz CT molecular complexity index is 387. The third-order valence-corrected chi connectivity index (χ3v) is 2.43. The molecular weight excluding hydrogens is 256 g/mol. The van der Waals surface area contributed by atoms with Gasteiger partial charge in [0.25, 0.3) is 0 Å². The van der Waals surface area contributed by atoms with Crippen LogP contribution in [0.4, 0.5) is 4.79 Å². The minimum Gasteiger partial charge on any atom is -0.389 e. The van der Waals surface area contributed by atoms with E-state index in [9.17, 15) is 9.90 Å². The van der Waals surface area contributed by atoms with Crippen LogP contribution in [-0.4, -0.2) is 37.5 Å². The number of ether oxygens (including phenoxy) is 1. The maximum absolute atomic E-state index is 11.4. The second-order valence-electron chi connectivity index (χ2n) is 3.80. The molecule has 0 fully saturated rings. The molecular formula is C12H17ClN2O3. The first kappa shape index (κ1) is 14.8. The number of methoxy groups -OCH3 is 1. The molecule has 1 rings (SSSR count). The van der Waals surface area contributed by atoms with E-state index in [1.54, 1.807) is 12.1 Å². The molecule has 3 N–H and O–H groups in total. The van der Waals surface area contributed by atoms with Crippen molar-refractivity contribution < 1.29 is 14.6 Å². The van der Waals surface area contributed by atoms with Gasteiger partial charge in [-0.05, 0) is 17.7 Å². The van der Waals surface area contributed by atoms with E-state index in [0.29, 0.717) is 11.6 Å². The first-order valence-corrected chi connectivity index (χ1v) is 5.92. The Hall–Kier alpha value is -1.30. The van der Waals surface area contributed by atoms with Gasteiger partial charge in [0.1, 0.15) is 0 Å². The molecule has 0 saturated heterocycles. The normalized spacial score (nSPS) is 11.9. The van der Waals surface area contributed by atoms with E-state index in [-0.39, 0.29) is 19.2 Å². The lowest BCUT2D eigenvalue weighted by molar-refractivity contribution is 0.0660. The lowest BCUT2D eigenvalue weighted by Crippen LogP contribution is -2.40. The highest BCUT2D eigenvalue weighted by Crippen LogP contribution is 2.09. The molecule has 1 atom stereocenters. The second kappa shape index (κ2) is 7.92. The van der Waals surface area contributed by atoms with Crippen LogP contribution < -0.4 is 10.6 Å². The summed E-state index contributed by atoms with van der Waals surface area (Å²) in [6, 6.07) is 6.89. The van der Waals surface area contributed by atoms with Gasteiger partial charge in [-0.1, -0.05) is 23.7 Å². The highest BCUT2D eigenvalue weighted by molar-refractivity contribution is 6.30. The predicted molar refractivity (Wildman–Crippen MR) is 69.6 cm³/mol. The topological polar surface area (TPSA) is 70.6 Å². The van der Waals surface area contributed by atoms with E-state index in [4.69, 9.17) is 16.3 Å². The molecule has 0 aliphatic rings. The molecule has 6 heteroatoms. The van der Waals surface area contributed by atoms with Crippen molar-refractivity contribution in [1.82, 2.24) is 10.6 Å². The second-order valence-corrected chi connectivity index (χ2v) is 4.24. The van der Waals surface area contributed by atoms with Crippen molar-refractivity contribution in [2.75, 3.05) is 20.3 Å². The Morgan fingerprint density at radius 2 is 2.28 bits per heavy atom. The zero-order valence-corrected chi connectivity index (χ0v) is 10.9. The lowest BCUT2D eigenvalue weighted by Gasteiger charge is -2.11. The molecule has 0 aliphatic carbocycles. The van der Waals surface area contributed by atoms with Gasteiger partial charge in [-0.25, -0.2) is 4.79 Å². The van der Waals surface area contributed by atoms with Gasteiger partial charge in [-0.2, -0.15) is 0 Å². The summed E-state index contributed by atoms with van der Waals surface area (Å²) in [7, 11) is 1.49. The number of aliphatic hydroxyl groups excluding tert-OH is 1. The number of hydrogen-bond acceptors (Lipinski definition) is 3. The van der Waals surface area contributed by atoms with Gasteiger partial charge >= 0.3 is 6.03 Å². The number of aliphatic hydroxyl groups is 1. The van der Waals surface area contributed by atoms with Crippen LogP contribution in [0.15, 0.2) is 24.3 Å². The zero-order valence-electron chi connectivity index (χ0n) is 10.1. The Kier molecular flexibility index (Phi) is 6.49. The van der Waals surface area contributed by atoms with Gasteiger partial charge in [0, 0.05) is 25.2 Å². The molecule has 0 saturated carbocycles. The summed E-state index contributed by atoms with van der Waals surface area (Å²) in [5.74, 6) is 0. The van der Waals surface area contributed by atoms with Gasteiger partial charge < -0.3 is 20.5 Å². The quantitative estimate of drug-likeness (QED) is 0.727. The largest absolute Gasteiger partial charge is 0.389 e. The molecule has 1 aromatic rings. The van der Waals surface area contributed by atoms with Gasteiger partial charge in [0.05, 0.1) is 12.7 Å². The smallest absolute Gasteiger partial charge is 0.315 e. The van der Waals surface area contributed by atoms with Crippen LogP contribution in [0.1, 0.15) is 5.56 Å². The number of hydrogen-bond donors (Lipinski definition) is 3. The number of urea groups is 1. The Morgan fingerprint density at radius 3 is 2.94 bits per heavy atom.